The van der Waals surface area contributed by atoms with Gasteiger partial charge in [-0.25, -0.2) is 0 Å². The van der Waals surface area contributed by atoms with Gasteiger partial charge in [0.25, 0.3) is 0 Å². The van der Waals surface area contributed by atoms with E-state index in [2.05, 4.69) is 24.3 Å². The number of aliphatic hydroxyl groups is 3. The van der Waals surface area contributed by atoms with Gasteiger partial charge in [-0.1, -0.05) is 42.5 Å². The zero-order chi connectivity index (χ0) is 18.9. The van der Waals surface area contributed by atoms with Crippen LogP contribution in [0.1, 0.15) is 37.2 Å². The van der Waals surface area contributed by atoms with Crippen LogP contribution in [-0.2, 0) is 4.74 Å². The molecule has 4 heteroatoms. The summed E-state index contributed by atoms with van der Waals surface area (Å²) in [7, 11) is 0. The molecule has 0 bridgehead atoms. The molecule has 0 saturated carbocycles. The van der Waals surface area contributed by atoms with E-state index < -0.39 is 24.4 Å². The normalized spacial score (nSPS) is 25.7. The number of benzene rings is 4. The first-order chi connectivity index (χ1) is 13.0. The van der Waals surface area contributed by atoms with Crippen molar-refractivity contribution in [2.75, 3.05) is 0 Å². The number of fused-ring (bicyclic) bond motifs is 2. The number of ether oxygens (including phenoxy) is 1. The maximum Gasteiger partial charge on any atom is 0.113 e. The van der Waals surface area contributed by atoms with Crippen LogP contribution in [0.25, 0.3) is 32.3 Å². The predicted molar refractivity (Wildman–Crippen MR) is 106 cm³/mol. The number of aliphatic hydroxyl groups excluding tert-OH is 3. The highest BCUT2D eigenvalue weighted by Crippen LogP contribution is 2.46. The minimum atomic E-state index is -1.28. The Balaban J connectivity index is 1.93. The van der Waals surface area contributed by atoms with Crippen LogP contribution >= 0.6 is 0 Å². The molecule has 0 amide bonds. The van der Waals surface area contributed by atoms with Gasteiger partial charge in [-0.05, 0) is 63.4 Å². The quantitative estimate of drug-likeness (QED) is 0.474. The first-order valence-corrected chi connectivity index (χ1v) is 9.37. The van der Waals surface area contributed by atoms with Gasteiger partial charge in [0.15, 0.2) is 0 Å². The fourth-order valence-corrected chi connectivity index (χ4v) is 4.58. The fourth-order valence-electron chi connectivity index (χ4n) is 4.58. The van der Waals surface area contributed by atoms with E-state index in [9.17, 15) is 15.3 Å². The van der Waals surface area contributed by atoms with Crippen LogP contribution in [0, 0.1) is 0 Å². The van der Waals surface area contributed by atoms with Gasteiger partial charge in [0.05, 0.1) is 6.10 Å². The van der Waals surface area contributed by atoms with Gasteiger partial charge in [0, 0.05) is 0 Å². The zero-order valence-electron chi connectivity index (χ0n) is 15.3. The first kappa shape index (κ1) is 16.9. The summed E-state index contributed by atoms with van der Waals surface area (Å²) < 4.78 is 6.02. The highest BCUT2D eigenvalue weighted by atomic mass is 16.5. The standard InChI is InChI=1S/C23H22O4/c1-11(2)27-23-19-15-9-8-13-5-3-4-12-6-7-14(18(15)17(12)13)10-16(19)20(24)21(25)22(23)26/h3-11,20-26H,1-2H3/t20-,21?,22-,23+/m1/s1. The lowest BCUT2D eigenvalue weighted by Crippen LogP contribution is -2.43. The van der Waals surface area contributed by atoms with Crippen LogP contribution in [0.4, 0.5) is 0 Å². The molecule has 0 radical (unpaired) electrons. The lowest BCUT2D eigenvalue weighted by atomic mass is 9.78. The Hall–Kier alpha value is -2.24. The Kier molecular flexibility index (Phi) is 3.68. The second-order valence-corrected chi connectivity index (χ2v) is 7.77. The largest absolute Gasteiger partial charge is 0.387 e. The third kappa shape index (κ3) is 2.31. The number of hydrogen-bond acceptors (Lipinski definition) is 4. The van der Waals surface area contributed by atoms with Crippen LogP contribution < -0.4 is 0 Å². The average molecular weight is 362 g/mol. The van der Waals surface area contributed by atoms with E-state index in [1.807, 2.05) is 38.1 Å². The van der Waals surface area contributed by atoms with E-state index in [0.29, 0.717) is 5.56 Å². The molecule has 4 aromatic carbocycles. The van der Waals surface area contributed by atoms with Crippen molar-refractivity contribution in [3.05, 3.63) is 59.7 Å². The Morgan fingerprint density at radius 1 is 0.815 bits per heavy atom. The molecular formula is C23H22O4. The summed E-state index contributed by atoms with van der Waals surface area (Å²) in [5.41, 5.74) is 1.41. The first-order valence-electron chi connectivity index (χ1n) is 9.37. The maximum atomic E-state index is 10.7. The van der Waals surface area contributed by atoms with E-state index in [1.54, 1.807) is 0 Å². The Bertz CT molecular complexity index is 1130. The van der Waals surface area contributed by atoms with Crippen LogP contribution in [0.3, 0.4) is 0 Å². The summed E-state index contributed by atoms with van der Waals surface area (Å²) in [6.45, 7) is 3.81. The second kappa shape index (κ2) is 5.88. The monoisotopic (exact) mass is 362 g/mol. The van der Waals surface area contributed by atoms with E-state index in [-0.39, 0.29) is 6.10 Å². The molecule has 4 atom stereocenters. The minimum Gasteiger partial charge on any atom is -0.387 e. The highest BCUT2D eigenvalue weighted by Gasteiger charge is 2.42. The molecule has 0 saturated heterocycles. The number of rotatable bonds is 2. The summed E-state index contributed by atoms with van der Waals surface area (Å²) in [4.78, 5) is 0. The molecule has 0 aromatic heterocycles. The lowest BCUT2D eigenvalue weighted by molar-refractivity contribution is -0.149. The zero-order valence-corrected chi connectivity index (χ0v) is 15.3. The molecule has 4 aromatic rings. The van der Waals surface area contributed by atoms with E-state index in [4.69, 9.17) is 4.74 Å². The maximum absolute atomic E-state index is 10.7. The van der Waals surface area contributed by atoms with Crippen molar-refractivity contribution in [2.45, 2.75) is 44.4 Å². The molecule has 0 fully saturated rings. The van der Waals surface area contributed by atoms with Gasteiger partial charge in [0.2, 0.25) is 0 Å². The lowest BCUT2D eigenvalue weighted by Gasteiger charge is -2.39. The molecule has 0 aliphatic heterocycles. The van der Waals surface area contributed by atoms with Gasteiger partial charge < -0.3 is 20.1 Å². The third-order valence-electron chi connectivity index (χ3n) is 5.73. The summed E-state index contributed by atoms with van der Waals surface area (Å²) in [5.74, 6) is 0. The van der Waals surface area contributed by atoms with Gasteiger partial charge in [-0.3, -0.25) is 0 Å². The van der Waals surface area contributed by atoms with Gasteiger partial charge in [-0.15, -0.1) is 0 Å². The Labute approximate surface area is 157 Å². The topological polar surface area (TPSA) is 69.9 Å². The van der Waals surface area contributed by atoms with Crippen molar-refractivity contribution in [3.8, 4) is 0 Å². The second-order valence-electron chi connectivity index (χ2n) is 7.77. The molecule has 1 aliphatic rings. The van der Waals surface area contributed by atoms with E-state index in [0.717, 1.165) is 32.5 Å². The molecule has 138 valence electrons. The van der Waals surface area contributed by atoms with Crippen molar-refractivity contribution < 1.29 is 20.1 Å². The van der Waals surface area contributed by atoms with E-state index >= 15 is 0 Å². The van der Waals surface area contributed by atoms with Crippen molar-refractivity contribution in [1.29, 1.82) is 0 Å². The van der Waals surface area contributed by atoms with Crippen LogP contribution in [0.15, 0.2) is 48.5 Å². The molecule has 0 spiro atoms. The summed E-state index contributed by atoms with van der Waals surface area (Å²) in [5, 5.41) is 38.3. The molecule has 1 aliphatic carbocycles. The summed E-state index contributed by atoms with van der Waals surface area (Å²) in [6, 6.07) is 16.4. The smallest absolute Gasteiger partial charge is 0.113 e. The van der Waals surface area contributed by atoms with Crippen molar-refractivity contribution in [1.82, 2.24) is 0 Å². The van der Waals surface area contributed by atoms with Crippen molar-refractivity contribution >= 4 is 32.3 Å². The molecule has 5 rings (SSSR count). The fraction of sp³-hybridized carbons (Fsp3) is 0.304. The van der Waals surface area contributed by atoms with Crippen LogP contribution in [0.5, 0.6) is 0 Å². The van der Waals surface area contributed by atoms with Gasteiger partial charge in [-0.2, -0.15) is 0 Å². The molecular weight excluding hydrogens is 340 g/mol. The predicted octanol–water partition coefficient (Wildman–Crippen LogP) is 3.82. The highest BCUT2D eigenvalue weighted by molar-refractivity contribution is 6.23. The van der Waals surface area contributed by atoms with Crippen molar-refractivity contribution in [3.63, 3.8) is 0 Å². The molecule has 1 unspecified atom stereocenters. The van der Waals surface area contributed by atoms with Gasteiger partial charge >= 0.3 is 0 Å². The van der Waals surface area contributed by atoms with Gasteiger partial charge in [0.1, 0.15) is 24.4 Å². The summed E-state index contributed by atoms with van der Waals surface area (Å²) in [6.07, 6.45) is -4.44. The molecule has 0 heterocycles. The minimum absolute atomic E-state index is 0.126. The SMILES string of the molecule is CC(C)O[C@H]1c2c(cc3ccc4cccc5ccc2c3c45)[C@@H](O)C(O)[C@H]1O. The van der Waals surface area contributed by atoms with E-state index in [1.165, 1.54) is 5.39 Å². The molecule has 3 N–H and O–H groups in total. The van der Waals surface area contributed by atoms with Crippen molar-refractivity contribution in [2.24, 2.45) is 0 Å². The average Bonchev–Trinajstić information content (AvgIpc) is 2.67. The number of hydrogen-bond donors (Lipinski definition) is 3. The Morgan fingerprint density at radius 2 is 1.48 bits per heavy atom. The van der Waals surface area contributed by atoms with Crippen LogP contribution in [-0.4, -0.2) is 33.6 Å². The van der Waals surface area contributed by atoms with Crippen LogP contribution in [0.2, 0.25) is 0 Å². The summed E-state index contributed by atoms with van der Waals surface area (Å²) >= 11 is 0. The molecule has 4 nitrogen and oxygen atoms in total. The Morgan fingerprint density at radius 3 is 2.19 bits per heavy atom. The molecule has 27 heavy (non-hydrogen) atoms. The third-order valence-corrected chi connectivity index (χ3v) is 5.73.